The van der Waals surface area contributed by atoms with E-state index in [0.717, 1.165) is 12.8 Å². The maximum absolute atomic E-state index is 6.06. The van der Waals surface area contributed by atoms with Crippen LogP contribution < -0.4 is 5.32 Å². The lowest BCUT2D eigenvalue weighted by Crippen LogP contribution is -2.16. The fourth-order valence-electron chi connectivity index (χ4n) is 1.95. The Hall–Kier alpha value is -0.540. The van der Waals surface area contributed by atoms with E-state index in [-0.39, 0.29) is 0 Å². The minimum absolute atomic E-state index is 0.307. The van der Waals surface area contributed by atoms with Crippen LogP contribution in [0.25, 0.3) is 0 Å². The van der Waals surface area contributed by atoms with E-state index in [9.17, 15) is 0 Å². The van der Waals surface area contributed by atoms with Crippen LogP contribution in [0.3, 0.4) is 0 Å². The molecule has 1 atom stereocenters. The Kier molecular flexibility index (Phi) is 5.07. The van der Waals surface area contributed by atoms with E-state index >= 15 is 0 Å². The van der Waals surface area contributed by atoms with Gasteiger partial charge >= 0.3 is 0 Å². The standard InChI is InChI=1S/C14H15Cl2NS/c1-17-14(7-5-11-3-2-8-18-11)10-4-6-12(15)13(16)9-10/h2-4,6,8-9,14,17H,5,7H2,1H3. The first kappa shape index (κ1) is 13.9. The van der Waals surface area contributed by atoms with E-state index in [1.54, 1.807) is 11.3 Å². The Morgan fingerprint density at radius 2 is 2.06 bits per heavy atom. The molecular formula is C14H15Cl2NS. The van der Waals surface area contributed by atoms with Gasteiger partial charge in [0, 0.05) is 10.9 Å². The third kappa shape index (κ3) is 3.48. The largest absolute Gasteiger partial charge is 0.313 e. The molecule has 0 fully saturated rings. The lowest BCUT2D eigenvalue weighted by atomic mass is 10.0. The number of aryl methyl sites for hydroxylation is 1. The van der Waals surface area contributed by atoms with Gasteiger partial charge < -0.3 is 5.32 Å². The van der Waals surface area contributed by atoms with E-state index in [4.69, 9.17) is 23.2 Å². The first-order valence-corrected chi connectivity index (χ1v) is 7.49. The highest BCUT2D eigenvalue weighted by atomic mass is 35.5. The summed E-state index contributed by atoms with van der Waals surface area (Å²) in [5, 5.41) is 6.67. The van der Waals surface area contributed by atoms with E-state index in [1.807, 2.05) is 25.2 Å². The van der Waals surface area contributed by atoms with E-state index < -0.39 is 0 Å². The third-order valence-electron chi connectivity index (χ3n) is 2.95. The molecule has 1 nitrogen and oxygen atoms in total. The quantitative estimate of drug-likeness (QED) is 0.824. The van der Waals surface area contributed by atoms with Crippen molar-refractivity contribution in [3.63, 3.8) is 0 Å². The van der Waals surface area contributed by atoms with Gasteiger partial charge in [0.25, 0.3) is 0 Å². The number of hydrogen-bond acceptors (Lipinski definition) is 2. The van der Waals surface area contributed by atoms with Gasteiger partial charge in [-0.1, -0.05) is 35.3 Å². The number of thiophene rings is 1. The molecule has 0 aliphatic heterocycles. The van der Waals surface area contributed by atoms with Gasteiger partial charge in [-0.3, -0.25) is 0 Å². The highest BCUT2D eigenvalue weighted by Gasteiger charge is 2.11. The average Bonchev–Trinajstić information content (AvgIpc) is 2.87. The molecule has 0 saturated carbocycles. The van der Waals surface area contributed by atoms with Gasteiger partial charge in [-0.2, -0.15) is 0 Å². The fraction of sp³-hybridized carbons (Fsp3) is 0.286. The van der Waals surface area contributed by atoms with Crippen LogP contribution in [0.15, 0.2) is 35.7 Å². The van der Waals surface area contributed by atoms with Crippen molar-refractivity contribution in [1.29, 1.82) is 0 Å². The smallest absolute Gasteiger partial charge is 0.0595 e. The molecule has 1 N–H and O–H groups in total. The Balaban J connectivity index is 2.05. The number of halogens is 2. The zero-order valence-electron chi connectivity index (χ0n) is 10.1. The molecule has 4 heteroatoms. The second kappa shape index (κ2) is 6.58. The highest BCUT2D eigenvalue weighted by molar-refractivity contribution is 7.09. The first-order chi connectivity index (χ1) is 8.70. The minimum Gasteiger partial charge on any atom is -0.313 e. The lowest BCUT2D eigenvalue weighted by Gasteiger charge is -2.16. The van der Waals surface area contributed by atoms with Crippen molar-refractivity contribution in [2.45, 2.75) is 18.9 Å². The second-order valence-corrected chi connectivity index (χ2v) is 5.98. The van der Waals surface area contributed by atoms with Gasteiger partial charge in [0.15, 0.2) is 0 Å². The molecule has 1 aromatic heterocycles. The summed E-state index contributed by atoms with van der Waals surface area (Å²) in [6.45, 7) is 0. The van der Waals surface area contributed by atoms with Gasteiger partial charge in [0.2, 0.25) is 0 Å². The molecule has 1 aromatic carbocycles. The van der Waals surface area contributed by atoms with Gasteiger partial charge in [-0.25, -0.2) is 0 Å². The summed E-state index contributed by atoms with van der Waals surface area (Å²) >= 11 is 13.8. The fourth-order valence-corrected chi connectivity index (χ4v) is 2.98. The van der Waals surface area contributed by atoms with Crippen molar-refractivity contribution in [3.05, 3.63) is 56.2 Å². The van der Waals surface area contributed by atoms with Crippen molar-refractivity contribution in [2.24, 2.45) is 0 Å². The molecule has 0 aliphatic rings. The van der Waals surface area contributed by atoms with E-state index in [0.29, 0.717) is 16.1 Å². The summed E-state index contributed by atoms with van der Waals surface area (Å²) in [4.78, 5) is 1.41. The van der Waals surface area contributed by atoms with Crippen molar-refractivity contribution in [2.75, 3.05) is 7.05 Å². The van der Waals surface area contributed by atoms with E-state index in [1.165, 1.54) is 10.4 Å². The molecule has 1 unspecified atom stereocenters. The predicted octanol–water partition coefficient (Wildman–Crippen LogP) is 4.95. The zero-order valence-corrected chi connectivity index (χ0v) is 12.4. The molecule has 96 valence electrons. The van der Waals surface area contributed by atoms with Crippen LogP contribution in [0.4, 0.5) is 0 Å². The Labute approximate surface area is 122 Å². The normalized spacial score (nSPS) is 12.6. The summed E-state index contributed by atoms with van der Waals surface area (Å²) < 4.78 is 0. The summed E-state index contributed by atoms with van der Waals surface area (Å²) in [6, 6.07) is 10.4. The summed E-state index contributed by atoms with van der Waals surface area (Å²) in [5.41, 5.74) is 1.18. The topological polar surface area (TPSA) is 12.0 Å². The van der Waals surface area contributed by atoms with Crippen molar-refractivity contribution in [1.82, 2.24) is 5.32 Å². The summed E-state index contributed by atoms with van der Waals surface area (Å²) in [6.07, 6.45) is 2.12. The van der Waals surface area contributed by atoms with Crippen molar-refractivity contribution < 1.29 is 0 Å². The van der Waals surface area contributed by atoms with Crippen LogP contribution in [-0.2, 0) is 6.42 Å². The monoisotopic (exact) mass is 299 g/mol. The van der Waals surface area contributed by atoms with Crippen LogP contribution >= 0.6 is 34.5 Å². The number of nitrogens with one attached hydrogen (secondary N) is 1. The highest BCUT2D eigenvalue weighted by Crippen LogP contribution is 2.27. The Bertz CT molecular complexity index is 497. The third-order valence-corrected chi connectivity index (χ3v) is 4.63. The number of hydrogen-bond donors (Lipinski definition) is 1. The molecule has 1 heterocycles. The molecule has 0 aliphatic carbocycles. The van der Waals surface area contributed by atoms with Crippen LogP contribution in [0.2, 0.25) is 10.0 Å². The number of benzene rings is 1. The van der Waals surface area contributed by atoms with Gasteiger partial charge in [0.1, 0.15) is 0 Å². The van der Waals surface area contributed by atoms with Crippen LogP contribution in [0.5, 0.6) is 0 Å². The molecular weight excluding hydrogens is 285 g/mol. The summed E-state index contributed by atoms with van der Waals surface area (Å²) in [7, 11) is 1.97. The van der Waals surface area contributed by atoms with Gasteiger partial charge in [-0.05, 0) is 49.0 Å². The molecule has 0 spiro atoms. The first-order valence-electron chi connectivity index (χ1n) is 5.85. The molecule has 0 saturated heterocycles. The second-order valence-electron chi connectivity index (χ2n) is 4.13. The number of rotatable bonds is 5. The summed E-state index contributed by atoms with van der Waals surface area (Å²) in [5.74, 6) is 0. The average molecular weight is 300 g/mol. The molecule has 0 radical (unpaired) electrons. The predicted molar refractivity (Wildman–Crippen MR) is 80.9 cm³/mol. The molecule has 0 bridgehead atoms. The molecule has 2 rings (SSSR count). The van der Waals surface area contributed by atoms with Gasteiger partial charge in [-0.15, -0.1) is 11.3 Å². The maximum atomic E-state index is 6.06. The van der Waals surface area contributed by atoms with Crippen LogP contribution in [-0.4, -0.2) is 7.05 Å². The SMILES string of the molecule is CNC(CCc1cccs1)c1ccc(Cl)c(Cl)c1. The van der Waals surface area contributed by atoms with Crippen LogP contribution in [0, 0.1) is 0 Å². The molecule has 18 heavy (non-hydrogen) atoms. The van der Waals surface area contributed by atoms with Crippen molar-refractivity contribution in [3.8, 4) is 0 Å². The minimum atomic E-state index is 0.307. The lowest BCUT2D eigenvalue weighted by molar-refractivity contribution is 0.551. The van der Waals surface area contributed by atoms with Crippen LogP contribution in [0.1, 0.15) is 22.9 Å². The zero-order chi connectivity index (χ0) is 13.0. The Morgan fingerprint density at radius 3 is 2.67 bits per heavy atom. The van der Waals surface area contributed by atoms with Gasteiger partial charge in [0.05, 0.1) is 10.0 Å². The Morgan fingerprint density at radius 1 is 1.22 bits per heavy atom. The maximum Gasteiger partial charge on any atom is 0.0595 e. The molecule has 0 amide bonds. The van der Waals surface area contributed by atoms with Crippen molar-refractivity contribution >= 4 is 34.5 Å². The molecule has 2 aromatic rings. The van der Waals surface area contributed by atoms with E-state index in [2.05, 4.69) is 22.8 Å².